The maximum Gasteiger partial charge on any atom is 0.196 e. The normalized spacial score (nSPS) is 39.6. The molecule has 0 bridgehead atoms. The highest BCUT2D eigenvalue weighted by atomic mass is 16.7. The Bertz CT molecular complexity index is 1170. The smallest absolute Gasteiger partial charge is 0.196 e. The van der Waals surface area contributed by atoms with Gasteiger partial charge in [0.25, 0.3) is 0 Å². The van der Waals surface area contributed by atoms with Crippen molar-refractivity contribution < 1.29 is 49.4 Å². The van der Waals surface area contributed by atoms with Crippen LogP contribution in [-0.4, -0.2) is 91.8 Å². The van der Waals surface area contributed by atoms with Crippen LogP contribution in [0.3, 0.4) is 0 Å². The highest BCUT2D eigenvalue weighted by molar-refractivity contribution is 6.28. The zero-order valence-electron chi connectivity index (χ0n) is 20.2. The lowest BCUT2D eigenvalue weighted by Gasteiger charge is -2.51. The first-order valence-electron chi connectivity index (χ1n) is 12.4. The first-order chi connectivity index (χ1) is 17.5. The number of aliphatic hydroxyl groups excluding tert-OH is 3. The third-order valence-corrected chi connectivity index (χ3v) is 8.34. The van der Waals surface area contributed by atoms with Crippen molar-refractivity contribution in [3.8, 4) is 5.75 Å². The molecule has 1 aromatic rings. The number of ketones is 3. The number of Topliss-reactive ketones (excluding diaryl/α,β-unsaturated/α-hetero) is 3. The van der Waals surface area contributed by atoms with E-state index in [0.29, 0.717) is 0 Å². The van der Waals surface area contributed by atoms with Crippen molar-refractivity contribution in [1.82, 2.24) is 0 Å². The van der Waals surface area contributed by atoms with Gasteiger partial charge in [-0.2, -0.15) is 0 Å². The van der Waals surface area contributed by atoms with Crippen LogP contribution >= 0.6 is 0 Å². The molecule has 200 valence electrons. The predicted molar refractivity (Wildman–Crippen MR) is 125 cm³/mol. The van der Waals surface area contributed by atoms with Crippen LogP contribution in [0.5, 0.6) is 5.75 Å². The van der Waals surface area contributed by atoms with Crippen LogP contribution in [0.1, 0.15) is 53.3 Å². The van der Waals surface area contributed by atoms with Crippen molar-refractivity contribution in [1.29, 1.82) is 0 Å². The van der Waals surface area contributed by atoms with Crippen LogP contribution in [0.15, 0.2) is 29.3 Å². The molecule has 2 fully saturated rings. The number of nitrogens with two attached hydrogens (primary N) is 1. The van der Waals surface area contributed by atoms with E-state index in [1.165, 1.54) is 18.2 Å². The van der Waals surface area contributed by atoms with Gasteiger partial charge < -0.3 is 40.7 Å². The predicted octanol–water partition coefficient (Wildman–Crippen LogP) is -0.641. The summed E-state index contributed by atoms with van der Waals surface area (Å²) in [7, 11) is 0. The summed E-state index contributed by atoms with van der Waals surface area (Å²) in [6.45, 7) is 0.716. The largest absolute Gasteiger partial charge is 0.507 e. The van der Waals surface area contributed by atoms with Gasteiger partial charge in [0.2, 0.25) is 0 Å². The van der Waals surface area contributed by atoms with Gasteiger partial charge in [0.1, 0.15) is 18.0 Å². The van der Waals surface area contributed by atoms with Gasteiger partial charge in [-0.1, -0.05) is 12.1 Å². The number of hydrogen-bond donors (Lipinski definition) is 6. The number of aliphatic hydroxyl groups is 4. The quantitative estimate of drug-likeness (QED) is 0.297. The van der Waals surface area contributed by atoms with Gasteiger partial charge in [0, 0.05) is 41.5 Å². The minimum absolute atomic E-state index is 0.0161. The standard InChI is InChI=1S/C26H31NO10/c1-10-22(31)14(27)6-18(36-10)37-16-8-26(35,17(30)9-28)7-11-5-13-21(24(33)19(11)16)25(34)20-12(23(13)32)3-2-4-15(20)29/h2-4,10-11,14,16,18-19,22,24,28-29,31,33,35H,5-9,27H2,1H3/t10-,11-,14-,16+,18+,19-,22+,24+,26+/m1/s1. The van der Waals surface area contributed by atoms with E-state index >= 15 is 0 Å². The molecule has 0 spiro atoms. The van der Waals surface area contributed by atoms with Crippen LogP contribution < -0.4 is 5.73 Å². The molecule has 1 aromatic carbocycles. The van der Waals surface area contributed by atoms with Crippen molar-refractivity contribution in [2.45, 2.75) is 75.0 Å². The number of carbonyl (C=O) groups excluding carboxylic acids is 3. The molecule has 0 unspecified atom stereocenters. The third-order valence-electron chi connectivity index (χ3n) is 8.34. The summed E-state index contributed by atoms with van der Waals surface area (Å²) in [4.78, 5) is 39.3. The Morgan fingerprint density at radius 1 is 1.22 bits per heavy atom. The third kappa shape index (κ3) is 4.15. The lowest BCUT2D eigenvalue weighted by molar-refractivity contribution is -0.265. The van der Waals surface area contributed by atoms with Crippen molar-refractivity contribution >= 4 is 17.3 Å². The Labute approximate surface area is 212 Å². The first kappa shape index (κ1) is 26.1. The number of benzene rings is 1. The van der Waals surface area contributed by atoms with Gasteiger partial charge in [-0.3, -0.25) is 14.4 Å². The summed E-state index contributed by atoms with van der Waals surface area (Å²) in [6, 6.07) is 3.51. The molecule has 1 saturated heterocycles. The lowest BCUT2D eigenvalue weighted by Crippen LogP contribution is -2.60. The zero-order valence-corrected chi connectivity index (χ0v) is 20.2. The number of rotatable bonds is 4. The van der Waals surface area contributed by atoms with Gasteiger partial charge in [0.05, 0.1) is 30.0 Å². The molecule has 4 aliphatic rings. The summed E-state index contributed by atoms with van der Waals surface area (Å²) in [5.41, 5.74) is 3.83. The molecule has 11 nitrogen and oxygen atoms in total. The molecule has 3 aliphatic carbocycles. The van der Waals surface area contributed by atoms with Crippen LogP contribution in [0, 0.1) is 11.8 Å². The number of phenolic OH excluding ortho intramolecular Hbond substituents is 1. The Balaban J connectivity index is 1.53. The SMILES string of the molecule is C[C@H]1O[C@@H](O[C@H]2C[C@](O)(C(=O)CO)C[C@H]3CC4=C(C(=O)c5c(O)cccc5C4=O)[C@@H](O)[C@H]32)C[C@@H](N)[C@H]1O. The molecular weight excluding hydrogens is 486 g/mol. The molecule has 11 heteroatoms. The second kappa shape index (κ2) is 9.35. The Morgan fingerprint density at radius 3 is 2.62 bits per heavy atom. The fourth-order valence-corrected chi connectivity index (χ4v) is 6.47. The number of carbonyl (C=O) groups is 3. The monoisotopic (exact) mass is 517 g/mol. The van der Waals surface area contributed by atoms with Gasteiger partial charge in [-0.15, -0.1) is 0 Å². The molecule has 7 N–H and O–H groups in total. The van der Waals surface area contributed by atoms with E-state index in [1.54, 1.807) is 6.92 Å². The minimum Gasteiger partial charge on any atom is -0.507 e. The fourth-order valence-electron chi connectivity index (χ4n) is 6.47. The van der Waals surface area contributed by atoms with Crippen LogP contribution in [0.4, 0.5) is 0 Å². The highest BCUT2D eigenvalue weighted by Gasteiger charge is 2.57. The van der Waals surface area contributed by atoms with Crippen LogP contribution in [-0.2, 0) is 14.3 Å². The van der Waals surface area contributed by atoms with Gasteiger partial charge in [0.15, 0.2) is 23.6 Å². The summed E-state index contributed by atoms with van der Waals surface area (Å²) in [5.74, 6) is -3.82. The van der Waals surface area contributed by atoms with E-state index in [9.17, 15) is 39.9 Å². The second-order valence-corrected chi connectivity index (χ2v) is 10.6. The second-order valence-electron chi connectivity index (χ2n) is 10.6. The Kier molecular flexibility index (Phi) is 6.60. The van der Waals surface area contributed by atoms with Gasteiger partial charge >= 0.3 is 0 Å². The van der Waals surface area contributed by atoms with E-state index in [1.807, 2.05) is 0 Å². The highest BCUT2D eigenvalue weighted by Crippen LogP contribution is 2.51. The average Bonchev–Trinajstić information content (AvgIpc) is 2.84. The zero-order chi connectivity index (χ0) is 26.8. The Hall–Kier alpha value is -2.51. The van der Waals surface area contributed by atoms with Gasteiger partial charge in [-0.25, -0.2) is 0 Å². The van der Waals surface area contributed by atoms with Crippen molar-refractivity contribution in [3.05, 3.63) is 40.5 Å². The van der Waals surface area contributed by atoms with E-state index in [4.69, 9.17) is 15.2 Å². The van der Waals surface area contributed by atoms with Crippen LogP contribution in [0.25, 0.3) is 0 Å². The molecule has 0 radical (unpaired) electrons. The molecule has 0 amide bonds. The number of fused-ring (bicyclic) bond motifs is 2. The number of phenols is 1. The lowest BCUT2D eigenvalue weighted by atomic mass is 9.59. The summed E-state index contributed by atoms with van der Waals surface area (Å²) < 4.78 is 11.9. The summed E-state index contributed by atoms with van der Waals surface area (Å²) in [5, 5.41) is 52.7. The van der Waals surface area contributed by atoms with E-state index in [0.717, 1.165) is 0 Å². The van der Waals surface area contributed by atoms with Crippen LogP contribution in [0.2, 0.25) is 0 Å². The average molecular weight is 518 g/mol. The topological polar surface area (TPSA) is 197 Å². The summed E-state index contributed by atoms with van der Waals surface area (Å²) >= 11 is 0. The van der Waals surface area contributed by atoms with Crippen molar-refractivity contribution in [2.75, 3.05) is 6.61 Å². The molecule has 1 saturated carbocycles. The molecule has 37 heavy (non-hydrogen) atoms. The molecule has 0 aromatic heterocycles. The van der Waals surface area contributed by atoms with E-state index in [2.05, 4.69) is 0 Å². The molecule has 5 rings (SSSR count). The maximum absolute atomic E-state index is 13.4. The number of hydrogen-bond acceptors (Lipinski definition) is 11. The molecule has 9 atom stereocenters. The number of aromatic hydroxyl groups is 1. The molecule has 1 heterocycles. The molecular formula is C26H31NO10. The Morgan fingerprint density at radius 2 is 1.95 bits per heavy atom. The fraction of sp³-hybridized carbons (Fsp3) is 0.577. The number of ether oxygens (including phenoxy) is 2. The maximum atomic E-state index is 13.4. The van der Waals surface area contributed by atoms with Gasteiger partial charge in [-0.05, 0) is 31.7 Å². The number of allylic oxidation sites excluding steroid dienone is 1. The van der Waals surface area contributed by atoms with Crippen molar-refractivity contribution in [2.24, 2.45) is 17.6 Å². The van der Waals surface area contributed by atoms with E-state index in [-0.39, 0.29) is 53.7 Å². The molecule has 1 aliphatic heterocycles. The van der Waals surface area contributed by atoms with E-state index < -0.39 is 78.1 Å². The summed E-state index contributed by atoms with van der Waals surface area (Å²) in [6.07, 6.45) is -5.36. The van der Waals surface area contributed by atoms with Crippen molar-refractivity contribution in [3.63, 3.8) is 0 Å². The minimum atomic E-state index is -1.99. The first-order valence-corrected chi connectivity index (χ1v) is 12.4.